The highest BCUT2D eigenvalue weighted by Gasteiger charge is 2.37. The monoisotopic (exact) mass is 302 g/mol. The Hall–Kier alpha value is -2.01. The first-order valence-electron chi connectivity index (χ1n) is 6.90. The van der Waals surface area contributed by atoms with Crippen LogP contribution in [0.3, 0.4) is 0 Å². The van der Waals surface area contributed by atoms with Gasteiger partial charge in [-0.2, -0.15) is 0 Å². The molecule has 2 N–H and O–H groups in total. The molecule has 0 spiro atoms. The van der Waals surface area contributed by atoms with Crippen molar-refractivity contribution in [3.05, 3.63) is 53.6 Å². The van der Waals surface area contributed by atoms with Crippen molar-refractivity contribution in [2.24, 2.45) is 0 Å². The molecule has 1 unspecified atom stereocenters. The average Bonchev–Trinajstić information content (AvgIpc) is 2.74. The molecule has 1 aliphatic rings. The van der Waals surface area contributed by atoms with Crippen LogP contribution >= 0.6 is 0 Å². The summed E-state index contributed by atoms with van der Waals surface area (Å²) in [4.78, 5) is 0.216. The molecule has 5 heteroatoms. The van der Waals surface area contributed by atoms with Crippen LogP contribution < -0.4 is 10.0 Å². The molecular weight excluding hydrogens is 284 g/mol. The van der Waals surface area contributed by atoms with Gasteiger partial charge in [0, 0.05) is 6.04 Å². The quantitative estimate of drug-likeness (QED) is 0.868. The number of anilines is 2. The highest BCUT2D eigenvalue weighted by atomic mass is 32.2. The van der Waals surface area contributed by atoms with E-state index in [9.17, 15) is 8.42 Å². The van der Waals surface area contributed by atoms with E-state index in [1.807, 2.05) is 31.2 Å². The number of sulfonamides is 1. The van der Waals surface area contributed by atoms with Gasteiger partial charge in [-0.3, -0.25) is 4.31 Å². The van der Waals surface area contributed by atoms with Gasteiger partial charge in [-0.25, -0.2) is 8.42 Å². The van der Waals surface area contributed by atoms with Gasteiger partial charge in [0.25, 0.3) is 10.0 Å². The zero-order valence-corrected chi connectivity index (χ0v) is 12.9. The lowest BCUT2D eigenvalue weighted by Gasteiger charge is -2.26. The molecule has 1 atom stereocenters. The highest BCUT2D eigenvalue weighted by Crippen LogP contribution is 2.38. The third kappa shape index (κ3) is 2.08. The summed E-state index contributed by atoms with van der Waals surface area (Å²) in [6.07, 6.45) is 0.723. The average molecular weight is 302 g/mol. The van der Waals surface area contributed by atoms with Gasteiger partial charge in [0.1, 0.15) is 4.90 Å². The SMILES string of the molecule is Cc1cccc(N)c1S(=O)(=O)N1c2ccccc2CC1C. The molecule has 0 fully saturated rings. The number of nitrogen functional groups attached to an aromatic ring is 1. The third-order valence-electron chi connectivity index (χ3n) is 3.90. The summed E-state index contributed by atoms with van der Waals surface area (Å²) in [5, 5.41) is 0. The van der Waals surface area contributed by atoms with E-state index in [-0.39, 0.29) is 10.9 Å². The molecule has 0 aliphatic carbocycles. The van der Waals surface area contributed by atoms with Crippen LogP contribution in [0.5, 0.6) is 0 Å². The van der Waals surface area contributed by atoms with E-state index in [0.29, 0.717) is 11.3 Å². The Kier molecular flexibility index (Phi) is 3.17. The Labute approximate surface area is 125 Å². The summed E-state index contributed by atoms with van der Waals surface area (Å²) in [5.41, 5.74) is 8.72. The summed E-state index contributed by atoms with van der Waals surface area (Å²) < 4.78 is 27.7. The Morgan fingerprint density at radius 1 is 1.14 bits per heavy atom. The van der Waals surface area contributed by atoms with Crippen LogP contribution in [-0.4, -0.2) is 14.5 Å². The van der Waals surface area contributed by atoms with Crippen LogP contribution in [0, 0.1) is 6.92 Å². The predicted molar refractivity (Wildman–Crippen MR) is 84.9 cm³/mol. The van der Waals surface area contributed by atoms with Gasteiger partial charge in [-0.05, 0) is 43.5 Å². The number of nitrogens with zero attached hydrogens (tertiary/aromatic N) is 1. The standard InChI is InChI=1S/C16H18N2O2S/c1-11-6-5-8-14(17)16(11)21(19,20)18-12(2)10-13-7-3-4-9-15(13)18/h3-9,12H,10,17H2,1-2H3. The highest BCUT2D eigenvalue weighted by molar-refractivity contribution is 7.93. The maximum atomic E-state index is 13.1. The number of nitrogens with two attached hydrogens (primary N) is 1. The summed E-state index contributed by atoms with van der Waals surface area (Å²) in [7, 11) is -3.65. The Bertz CT molecular complexity index is 779. The molecule has 110 valence electrons. The maximum absolute atomic E-state index is 13.1. The summed E-state index contributed by atoms with van der Waals surface area (Å²) in [6, 6.07) is 12.7. The fraction of sp³-hybridized carbons (Fsp3) is 0.250. The van der Waals surface area contributed by atoms with E-state index in [2.05, 4.69) is 0 Å². The van der Waals surface area contributed by atoms with Gasteiger partial charge in [0.15, 0.2) is 0 Å². The number of hydrogen-bond donors (Lipinski definition) is 1. The van der Waals surface area contributed by atoms with Crippen molar-refractivity contribution in [2.75, 3.05) is 10.0 Å². The molecule has 0 aromatic heterocycles. The molecule has 0 saturated heterocycles. The van der Waals surface area contributed by atoms with Crippen LogP contribution in [0.2, 0.25) is 0 Å². The predicted octanol–water partition coefficient (Wildman–Crippen LogP) is 2.72. The zero-order valence-electron chi connectivity index (χ0n) is 12.1. The van der Waals surface area contributed by atoms with Gasteiger partial charge in [-0.15, -0.1) is 0 Å². The van der Waals surface area contributed by atoms with Gasteiger partial charge in [0.2, 0.25) is 0 Å². The van der Waals surface area contributed by atoms with E-state index in [1.54, 1.807) is 25.1 Å². The summed E-state index contributed by atoms with van der Waals surface area (Å²) in [5.74, 6) is 0. The molecule has 21 heavy (non-hydrogen) atoms. The normalized spacial score (nSPS) is 17.8. The van der Waals surface area contributed by atoms with Gasteiger partial charge < -0.3 is 5.73 Å². The minimum atomic E-state index is -3.65. The van der Waals surface area contributed by atoms with Crippen LogP contribution in [0.4, 0.5) is 11.4 Å². The molecule has 0 saturated carbocycles. The molecule has 2 aromatic rings. The lowest BCUT2D eigenvalue weighted by Crippen LogP contribution is -2.36. The van der Waals surface area contributed by atoms with Crippen LogP contribution in [-0.2, 0) is 16.4 Å². The second-order valence-corrected chi connectivity index (χ2v) is 7.23. The first kappa shape index (κ1) is 13.9. The van der Waals surface area contributed by atoms with Crippen LogP contribution in [0.1, 0.15) is 18.1 Å². The second kappa shape index (κ2) is 4.77. The summed E-state index contributed by atoms with van der Waals surface area (Å²) in [6.45, 7) is 3.70. The van der Waals surface area contributed by atoms with Gasteiger partial charge in [0.05, 0.1) is 11.4 Å². The van der Waals surface area contributed by atoms with Crippen molar-refractivity contribution in [1.82, 2.24) is 0 Å². The van der Waals surface area contributed by atoms with Crippen molar-refractivity contribution >= 4 is 21.4 Å². The molecule has 0 radical (unpaired) electrons. The van der Waals surface area contributed by atoms with Crippen molar-refractivity contribution in [1.29, 1.82) is 0 Å². The fourth-order valence-electron chi connectivity index (χ4n) is 3.03. The molecule has 0 bridgehead atoms. The minimum Gasteiger partial charge on any atom is -0.398 e. The van der Waals surface area contributed by atoms with Crippen molar-refractivity contribution in [3.63, 3.8) is 0 Å². The Balaban J connectivity index is 2.20. The van der Waals surface area contributed by atoms with Crippen molar-refractivity contribution in [2.45, 2.75) is 31.2 Å². The van der Waals surface area contributed by atoms with Crippen LogP contribution in [0.15, 0.2) is 47.4 Å². The maximum Gasteiger partial charge on any atom is 0.266 e. The number of para-hydroxylation sites is 1. The minimum absolute atomic E-state index is 0.105. The smallest absolute Gasteiger partial charge is 0.266 e. The van der Waals surface area contributed by atoms with Crippen LogP contribution in [0.25, 0.3) is 0 Å². The number of fused-ring (bicyclic) bond motifs is 1. The molecule has 0 amide bonds. The Morgan fingerprint density at radius 2 is 1.86 bits per heavy atom. The number of aryl methyl sites for hydroxylation is 1. The Morgan fingerprint density at radius 3 is 2.57 bits per heavy atom. The molecule has 2 aromatic carbocycles. The molecule has 4 nitrogen and oxygen atoms in total. The first-order valence-corrected chi connectivity index (χ1v) is 8.34. The molecular formula is C16H18N2O2S. The lowest BCUT2D eigenvalue weighted by atomic mass is 10.1. The number of hydrogen-bond acceptors (Lipinski definition) is 3. The third-order valence-corrected chi connectivity index (χ3v) is 6.05. The van der Waals surface area contributed by atoms with E-state index < -0.39 is 10.0 Å². The number of rotatable bonds is 2. The van der Waals surface area contributed by atoms with E-state index in [1.165, 1.54) is 4.31 Å². The van der Waals surface area contributed by atoms with E-state index in [4.69, 9.17) is 5.73 Å². The van der Waals surface area contributed by atoms with Crippen molar-refractivity contribution in [3.8, 4) is 0 Å². The van der Waals surface area contributed by atoms with Gasteiger partial charge >= 0.3 is 0 Å². The van der Waals surface area contributed by atoms with E-state index >= 15 is 0 Å². The second-order valence-electron chi connectivity index (χ2n) is 5.48. The van der Waals surface area contributed by atoms with Gasteiger partial charge in [-0.1, -0.05) is 30.3 Å². The number of benzene rings is 2. The summed E-state index contributed by atoms with van der Waals surface area (Å²) >= 11 is 0. The molecule has 1 heterocycles. The zero-order chi connectivity index (χ0) is 15.2. The fourth-order valence-corrected chi connectivity index (χ4v) is 5.05. The molecule has 1 aliphatic heterocycles. The molecule has 3 rings (SSSR count). The lowest BCUT2D eigenvalue weighted by molar-refractivity contribution is 0.584. The largest absolute Gasteiger partial charge is 0.398 e. The topological polar surface area (TPSA) is 63.4 Å². The first-order chi connectivity index (χ1) is 9.93. The van der Waals surface area contributed by atoms with Crippen molar-refractivity contribution < 1.29 is 8.42 Å². The van der Waals surface area contributed by atoms with E-state index in [0.717, 1.165) is 17.7 Å².